The van der Waals surface area contributed by atoms with Crippen LogP contribution < -0.4 is 5.32 Å². The Morgan fingerprint density at radius 1 is 1.26 bits per heavy atom. The molecule has 2 atom stereocenters. The van der Waals surface area contributed by atoms with Crippen LogP contribution >= 0.6 is 0 Å². The topological polar surface area (TPSA) is 64.3 Å². The molecule has 0 spiro atoms. The van der Waals surface area contributed by atoms with Crippen molar-refractivity contribution in [2.24, 2.45) is 0 Å². The lowest BCUT2D eigenvalue weighted by atomic mass is 10.1. The maximum atomic E-state index is 6.15. The van der Waals surface area contributed by atoms with E-state index < -0.39 is 0 Å². The van der Waals surface area contributed by atoms with Crippen molar-refractivity contribution in [3.8, 4) is 0 Å². The summed E-state index contributed by atoms with van der Waals surface area (Å²) >= 11 is 0. The Labute approximate surface area is 134 Å². The molecule has 1 aliphatic heterocycles. The third-order valence-corrected chi connectivity index (χ3v) is 4.26. The SMILES string of the molecule is Cc1nc(NC[C@H]2CC[C@@H](c3ccccc3)O2)cc2nncn12. The summed E-state index contributed by atoms with van der Waals surface area (Å²) in [5.41, 5.74) is 2.06. The molecule has 1 aliphatic rings. The standard InChI is InChI=1S/C17H19N5O/c1-12-20-16(9-17-21-19-11-22(12)17)18-10-14-7-8-15(23-14)13-5-3-2-4-6-13/h2-6,9,11,14-15,18H,7-8,10H2,1H3/t14-,15+/m1/s1. The minimum Gasteiger partial charge on any atom is -0.368 e. The van der Waals surface area contributed by atoms with Crippen LogP contribution in [0.1, 0.15) is 30.3 Å². The van der Waals surface area contributed by atoms with Gasteiger partial charge in [-0.3, -0.25) is 4.40 Å². The Balaban J connectivity index is 1.39. The maximum Gasteiger partial charge on any atom is 0.165 e. The second-order valence-corrected chi connectivity index (χ2v) is 5.86. The van der Waals surface area contributed by atoms with Gasteiger partial charge in [-0.1, -0.05) is 30.3 Å². The molecule has 6 heteroatoms. The van der Waals surface area contributed by atoms with Crippen LogP contribution in [0.3, 0.4) is 0 Å². The molecule has 3 aromatic rings. The van der Waals surface area contributed by atoms with Crippen molar-refractivity contribution in [2.75, 3.05) is 11.9 Å². The third-order valence-electron chi connectivity index (χ3n) is 4.26. The van der Waals surface area contributed by atoms with Gasteiger partial charge in [0, 0.05) is 12.6 Å². The molecule has 1 saturated heterocycles. The van der Waals surface area contributed by atoms with E-state index in [1.165, 1.54) is 5.56 Å². The predicted molar refractivity (Wildman–Crippen MR) is 87.3 cm³/mol. The zero-order valence-corrected chi connectivity index (χ0v) is 13.0. The number of nitrogens with zero attached hydrogens (tertiary/aromatic N) is 4. The molecule has 23 heavy (non-hydrogen) atoms. The minimum atomic E-state index is 0.205. The molecule has 0 amide bonds. The highest BCUT2D eigenvalue weighted by molar-refractivity contribution is 5.49. The summed E-state index contributed by atoms with van der Waals surface area (Å²) in [7, 11) is 0. The monoisotopic (exact) mass is 309 g/mol. The number of benzene rings is 1. The van der Waals surface area contributed by atoms with E-state index in [1.807, 2.05) is 23.5 Å². The lowest BCUT2D eigenvalue weighted by Crippen LogP contribution is -2.20. The Morgan fingerprint density at radius 2 is 2.13 bits per heavy atom. The van der Waals surface area contributed by atoms with Crippen LogP contribution in [0.15, 0.2) is 42.7 Å². The predicted octanol–water partition coefficient (Wildman–Crippen LogP) is 2.76. The number of aryl methyl sites for hydroxylation is 1. The van der Waals surface area contributed by atoms with Crippen molar-refractivity contribution in [3.05, 3.63) is 54.1 Å². The van der Waals surface area contributed by atoms with Crippen LogP contribution in [-0.2, 0) is 4.74 Å². The van der Waals surface area contributed by atoms with Gasteiger partial charge >= 0.3 is 0 Å². The van der Waals surface area contributed by atoms with Crippen molar-refractivity contribution in [2.45, 2.75) is 32.0 Å². The van der Waals surface area contributed by atoms with Crippen LogP contribution in [0.2, 0.25) is 0 Å². The molecule has 0 aliphatic carbocycles. The van der Waals surface area contributed by atoms with Crippen LogP contribution in [0.25, 0.3) is 5.65 Å². The maximum absolute atomic E-state index is 6.15. The van der Waals surface area contributed by atoms with E-state index in [-0.39, 0.29) is 12.2 Å². The zero-order valence-electron chi connectivity index (χ0n) is 13.0. The van der Waals surface area contributed by atoms with E-state index in [0.29, 0.717) is 0 Å². The van der Waals surface area contributed by atoms with Crippen LogP contribution in [0.5, 0.6) is 0 Å². The number of anilines is 1. The summed E-state index contributed by atoms with van der Waals surface area (Å²) in [5, 5.41) is 11.3. The molecule has 6 nitrogen and oxygen atoms in total. The number of rotatable bonds is 4. The summed E-state index contributed by atoms with van der Waals surface area (Å²) in [6.45, 7) is 2.69. The van der Waals surface area contributed by atoms with Crippen molar-refractivity contribution >= 4 is 11.5 Å². The smallest absolute Gasteiger partial charge is 0.165 e. The summed E-state index contributed by atoms with van der Waals surface area (Å²) in [4.78, 5) is 4.53. The average molecular weight is 309 g/mol. The average Bonchev–Trinajstić information content (AvgIpc) is 3.23. The molecule has 1 aromatic carbocycles. The number of hydrogen-bond donors (Lipinski definition) is 1. The highest BCUT2D eigenvalue weighted by Gasteiger charge is 2.26. The Hall–Kier alpha value is -2.47. The van der Waals surface area contributed by atoms with Gasteiger partial charge in [-0.05, 0) is 25.3 Å². The van der Waals surface area contributed by atoms with Crippen molar-refractivity contribution < 1.29 is 4.74 Å². The number of aromatic nitrogens is 4. The summed E-state index contributed by atoms with van der Waals surface area (Å²) < 4.78 is 8.01. The lowest BCUT2D eigenvalue weighted by Gasteiger charge is -2.15. The fraction of sp³-hybridized carbons (Fsp3) is 0.353. The van der Waals surface area contributed by atoms with Gasteiger partial charge in [0.2, 0.25) is 0 Å². The second-order valence-electron chi connectivity index (χ2n) is 5.86. The molecular weight excluding hydrogens is 290 g/mol. The molecule has 1 N–H and O–H groups in total. The zero-order chi connectivity index (χ0) is 15.6. The van der Waals surface area contributed by atoms with Gasteiger partial charge in [-0.25, -0.2) is 4.98 Å². The molecule has 118 valence electrons. The molecule has 0 unspecified atom stereocenters. The summed E-state index contributed by atoms with van der Waals surface area (Å²) in [6.07, 6.45) is 4.20. The van der Waals surface area contributed by atoms with Crippen molar-refractivity contribution in [3.63, 3.8) is 0 Å². The van der Waals surface area contributed by atoms with Gasteiger partial charge in [0.25, 0.3) is 0 Å². The highest BCUT2D eigenvalue weighted by atomic mass is 16.5. The Morgan fingerprint density at radius 3 is 3.00 bits per heavy atom. The first-order valence-electron chi connectivity index (χ1n) is 7.91. The quantitative estimate of drug-likeness (QED) is 0.803. The fourth-order valence-corrected chi connectivity index (χ4v) is 3.05. The molecule has 3 heterocycles. The summed E-state index contributed by atoms with van der Waals surface area (Å²) in [6, 6.07) is 12.3. The fourth-order valence-electron chi connectivity index (χ4n) is 3.05. The molecular formula is C17H19N5O. The van der Waals surface area contributed by atoms with Crippen molar-refractivity contribution in [1.29, 1.82) is 0 Å². The molecule has 0 bridgehead atoms. The van der Waals surface area contributed by atoms with E-state index in [4.69, 9.17) is 4.74 Å². The van der Waals surface area contributed by atoms with E-state index in [9.17, 15) is 0 Å². The van der Waals surface area contributed by atoms with Crippen LogP contribution in [0.4, 0.5) is 5.82 Å². The highest BCUT2D eigenvalue weighted by Crippen LogP contribution is 2.32. The van der Waals surface area contributed by atoms with E-state index in [1.54, 1.807) is 6.33 Å². The number of nitrogens with one attached hydrogen (secondary N) is 1. The number of fused-ring (bicyclic) bond motifs is 1. The first kappa shape index (κ1) is 14.1. The van der Waals surface area contributed by atoms with Gasteiger partial charge in [0.15, 0.2) is 5.65 Å². The normalized spacial score (nSPS) is 20.9. The lowest BCUT2D eigenvalue weighted by molar-refractivity contribution is 0.0521. The third kappa shape index (κ3) is 2.90. The summed E-state index contributed by atoms with van der Waals surface area (Å²) in [5.74, 6) is 1.68. The first-order chi connectivity index (χ1) is 11.3. The van der Waals surface area contributed by atoms with E-state index in [2.05, 4.69) is 44.8 Å². The minimum absolute atomic E-state index is 0.205. The molecule has 0 radical (unpaired) electrons. The molecule has 1 fully saturated rings. The van der Waals surface area contributed by atoms with Gasteiger partial charge in [-0.2, -0.15) is 0 Å². The van der Waals surface area contributed by atoms with Gasteiger partial charge in [0.05, 0.1) is 12.2 Å². The van der Waals surface area contributed by atoms with E-state index in [0.717, 1.165) is 36.7 Å². The largest absolute Gasteiger partial charge is 0.368 e. The van der Waals surface area contributed by atoms with Crippen LogP contribution in [-0.4, -0.2) is 32.2 Å². The van der Waals surface area contributed by atoms with Gasteiger partial charge in [-0.15, -0.1) is 10.2 Å². The van der Waals surface area contributed by atoms with Crippen LogP contribution in [0, 0.1) is 6.92 Å². The Kier molecular flexibility index (Phi) is 3.67. The molecule has 4 rings (SSSR count). The van der Waals surface area contributed by atoms with Crippen molar-refractivity contribution in [1.82, 2.24) is 19.6 Å². The number of hydrogen-bond acceptors (Lipinski definition) is 5. The van der Waals surface area contributed by atoms with E-state index >= 15 is 0 Å². The molecule has 0 saturated carbocycles. The first-order valence-corrected chi connectivity index (χ1v) is 7.91. The number of ether oxygens (including phenoxy) is 1. The Bertz CT molecular complexity index is 801. The van der Waals surface area contributed by atoms with Gasteiger partial charge < -0.3 is 10.1 Å². The second kappa shape index (κ2) is 5.96. The van der Waals surface area contributed by atoms with Gasteiger partial charge in [0.1, 0.15) is 18.0 Å². The molecule has 2 aromatic heterocycles.